The fraction of sp³-hybridized carbons (Fsp3) is 0.167. The van der Waals surface area contributed by atoms with Crippen molar-refractivity contribution in [1.29, 1.82) is 0 Å². The van der Waals surface area contributed by atoms with Gasteiger partial charge < -0.3 is 5.32 Å². The predicted octanol–water partition coefficient (Wildman–Crippen LogP) is 3.44. The van der Waals surface area contributed by atoms with Gasteiger partial charge in [0.1, 0.15) is 0 Å². The number of anilines is 1. The molecule has 5 heteroatoms. The summed E-state index contributed by atoms with van der Waals surface area (Å²) in [5.41, 5.74) is 4.64. The number of amides is 1. The van der Waals surface area contributed by atoms with E-state index in [4.69, 9.17) is 0 Å². The third-order valence-corrected chi connectivity index (χ3v) is 3.63. The van der Waals surface area contributed by atoms with E-state index in [0.717, 1.165) is 22.5 Å². The molecule has 3 aromatic rings. The molecule has 0 fully saturated rings. The van der Waals surface area contributed by atoms with Crippen LogP contribution in [0.1, 0.15) is 27.3 Å². The molecule has 0 unspecified atom stereocenters. The van der Waals surface area contributed by atoms with Crippen molar-refractivity contribution in [1.82, 2.24) is 15.0 Å². The van der Waals surface area contributed by atoms with Crippen molar-refractivity contribution in [3.63, 3.8) is 0 Å². The van der Waals surface area contributed by atoms with Crippen LogP contribution in [0, 0.1) is 20.8 Å². The van der Waals surface area contributed by atoms with Gasteiger partial charge >= 0.3 is 0 Å². The Morgan fingerprint density at radius 2 is 1.74 bits per heavy atom. The number of hydrogen-bond acceptors (Lipinski definition) is 3. The highest BCUT2D eigenvalue weighted by Gasteiger charge is 2.17. The number of nitrogens with one attached hydrogen (secondary N) is 1. The number of nitrogens with zero attached hydrogens (tertiary/aromatic N) is 3. The SMILES string of the molecule is Cc1ccc(C)c(NC(=O)c2nn(-c3ccccc3)nc2C)c1. The summed E-state index contributed by atoms with van der Waals surface area (Å²) in [6.07, 6.45) is 0. The van der Waals surface area contributed by atoms with Crippen molar-refractivity contribution in [2.75, 3.05) is 5.32 Å². The lowest BCUT2D eigenvalue weighted by atomic mass is 10.1. The zero-order chi connectivity index (χ0) is 16.4. The molecule has 0 aliphatic rings. The lowest BCUT2D eigenvalue weighted by Crippen LogP contribution is -2.15. The molecule has 0 bridgehead atoms. The molecular formula is C18H18N4O. The lowest BCUT2D eigenvalue weighted by molar-refractivity contribution is 0.102. The minimum Gasteiger partial charge on any atom is -0.320 e. The molecule has 0 saturated heterocycles. The van der Waals surface area contributed by atoms with Crippen LogP contribution in [0.25, 0.3) is 5.69 Å². The highest BCUT2D eigenvalue weighted by Crippen LogP contribution is 2.18. The second-order valence-corrected chi connectivity index (χ2v) is 5.53. The first kappa shape index (κ1) is 15.0. The Hall–Kier alpha value is -2.95. The Balaban J connectivity index is 1.88. The van der Waals surface area contributed by atoms with Gasteiger partial charge in [-0.05, 0) is 50.1 Å². The quantitative estimate of drug-likeness (QED) is 0.806. The number of carbonyl (C=O) groups is 1. The van der Waals surface area contributed by atoms with Crippen LogP contribution in [-0.4, -0.2) is 20.9 Å². The van der Waals surface area contributed by atoms with Gasteiger partial charge in [-0.3, -0.25) is 4.79 Å². The van der Waals surface area contributed by atoms with E-state index in [-0.39, 0.29) is 5.91 Å². The zero-order valence-electron chi connectivity index (χ0n) is 13.4. The third kappa shape index (κ3) is 3.13. The number of rotatable bonds is 3. The fourth-order valence-corrected chi connectivity index (χ4v) is 2.32. The Labute approximate surface area is 135 Å². The molecule has 23 heavy (non-hydrogen) atoms. The number of aryl methyl sites for hydroxylation is 3. The third-order valence-electron chi connectivity index (χ3n) is 3.63. The summed E-state index contributed by atoms with van der Waals surface area (Å²) in [5, 5.41) is 11.6. The lowest BCUT2D eigenvalue weighted by Gasteiger charge is -2.08. The molecular weight excluding hydrogens is 288 g/mol. The highest BCUT2D eigenvalue weighted by molar-refractivity contribution is 6.03. The van der Waals surface area contributed by atoms with E-state index >= 15 is 0 Å². The van der Waals surface area contributed by atoms with Crippen molar-refractivity contribution in [3.8, 4) is 5.69 Å². The van der Waals surface area contributed by atoms with E-state index in [2.05, 4.69) is 15.5 Å². The normalized spacial score (nSPS) is 10.6. The Morgan fingerprint density at radius 3 is 2.48 bits per heavy atom. The summed E-state index contributed by atoms with van der Waals surface area (Å²) >= 11 is 0. The van der Waals surface area contributed by atoms with Crippen LogP contribution < -0.4 is 5.32 Å². The van der Waals surface area contributed by atoms with E-state index in [1.807, 2.05) is 62.4 Å². The summed E-state index contributed by atoms with van der Waals surface area (Å²) in [7, 11) is 0. The minimum atomic E-state index is -0.251. The first-order valence-electron chi connectivity index (χ1n) is 7.42. The largest absolute Gasteiger partial charge is 0.320 e. The molecule has 1 heterocycles. The van der Waals surface area contributed by atoms with Gasteiger partial charge in [0.25, 0.3) is 5.91 Å². The molecule has 0 saturated carbocycles. The number of hydrogen-bond donors (Lipinski definition) is 1. The van der Waals surface area contributed by atoms with Gasteiger partial charge in [0.2, 0.25) is 0 Å². The minimum absolute atomic E-state index is 0.251. The van der Waals surface area contributed by atoms with Gasteiger partial charge in [0.15, 0.2) is 5.69 Å². The fourth-order valence-electron chi connectivity index (χ4n) is 2.32. The summed E-state index contributed by atoms with van der Waals surface area (Å²) in [6.45, 7) is 5.74. The van der Waals surface area contributed by atoms with Crippen LogP contribution in [0.2, 0.25) is 0 Å². The standard InChI is InChI=1S/C18H18N4O/c1-12-9-10-13(2)16(11-12)19-18(23)17-14(3)20-22(21-17)15-7-5-4-6-8-15/h4-11H,1-3H3,(H,19,23). The summed E-state index contributed by atoms with van der Waals surface area (Å²) in [6, 6.07) is 15.5. The molecule has 1 N–H and O–H groups in total. The highest BCUT2D eigenvalue weighted by atomic mass is 16.2. The molecule has 5 nitrogen and oxygen atoms in total. The van der Waals surface area contributed by atoms with Crippen molar-refractivity contribution in [3.05, 3.63) is 71.0 Å². The molecule has 1 amide bonds. The van der Waals surface area contributed by atoms with Crippen LogP contribution in [0.15, 0.2) is 48.5 Å². The van der Waals surface area contributed by atoms with Crippen molar-refractivity contribution >= 4 is 11.6 Å². The van der Waals surface area contributed by atoms with E-state index in [0.29, 0.717) is 11.4 Å². The molecule has 0 atom stereocenters. The first-order chi connectivity index (χ1) is 11.0. The zero-order valence-corrected chi connectivity index (χ0v) is 13.4. The molecule has 0 spiro atoms. The number of para-hydroxylation sites is 1. The predicted molar refractivity (Wildman–Crippen MR) is 90.0 cm³/mol. The second-order valence-electron chi connectivity index (χ2n) is 5.53. The first-order valence-corrected chi connectivity index (χ1v) is 7.42. The Bertz CT molecular complexity index is 853. The van der Waals surface area contributed by atoms with Crippen molar-refractivity contribution in [2.24, 2.45) is 0 Å². The summed E-state index contributed by atoms with van der Waals surface area (Å²) < 4.78 is 0. The maximum absolute atomic E-state index is 12.5. The van der Waals surface area contributed by atoms with Crippen LogP contribution in [0.5, 0.6) is 0 Å². The van der Waals surface area contributed by atoms with Crippen molar-refractivity contribution in [2.45, 2.75) is 20.8 Å². The van der Waals surface area contributed by atoms with Gasteiger partial charge in [-0.25, -0.2) is 0 Å². The molecule has 116 valence electrons. The molecule has 2 aromatic carbocycles. The molecule has 3 rings (SSSR count). The van der Waals surface area contributed by atoms with Crippen LogP contribution >= 0.6 is 0 Å². The topological polar surface area (TPSA) is 59.8 Å². The summed E-state index contributed by atoms with van der Waals surface area (Å²) in [5.74, 6) is -0.251. The molecule has 1 aromatic heterocycles. The number of benzene rings is 2. The van der Waals surface area contributed by atoms with Gasteiger partial charge in [-0.2, -0.15) is 9.90 Å². The van der Waals surface area contributed by atoms with Crippen LogP contribution in [0.3, 0.4) is 0 Å². The van der Waals surface area contributed by atoms with Gasteiger partial charge in [0.05, 0.1) is 11.4 Å². The van der Waals surface area contributed by atoms with E-state index in [9.17, 15) is 4.79 Å². The number of aromatic nitrogens is 3. The smallest absolute Gasteiger partial charge is 0.278 e. The van der Waals surface area contributed by atoms with Crippen molar-refractivity contribution < 1.29 is 4.79 Å². The Kier molecular flexibility index (Phi) is 3.93. The van der Waals surface area contributed by atoms with Crippen LogP contribution in [-0.2, 0) is 0 Å². The summed E-state index contributed by atoms with van der Waals surface area (Å²) in [4.78, 5) is 14.0. The van der Waals surface area contributed by atoms with Gasteiger partial charge in [-0.15, -0.1) is 5.10 Å². The maximum Gasteiger partial charge on any atom is 0.278 e. The number of carbonyl (C=O) groups excluding carboxylic acids is 1. The monoisotopic (exact) mass is 306 g/mol. The molecule has 0 aliphatic heterocycles. The Morgan fingerprint density at radius 1 is 1.00 bits per heavy atom. The van der Waals surface area contributed by atoms with Crippen LogP contribution in [0.4, 0.5) is 5.69 Å². The average Bonchev–Trinajstić information content (AvgIpc) is 2.94. The molecule has 0 aliphatic carbocycles. The second kappa shape index (κ2) is 6.04. The van der Waals surface area contributed by atoms with Gasteiger partial charge in [-0.1, -0.05) is 30.3 Å². The average molecular weight is 306 g/mol. The van der Waals surface area contributed by atoms with Gasteiger partial charge in [0, 0.05) is 5.69 Å². The van der Waals surface area contributed by atoms with E-state index < -0.39 is 0 Å². The maximum atomic E-state index is 12.5. The molecule has 0 radical (unpaired) electrons. The van der Waals surface area contributed by atoms with E-state index in [1.54, 1.807) is 6.92 Å². The van der Waals surface area contributed by atoms with E-state index in [1.165, 1.54) is 4.80 Å².